The van der Waals surface area contributed by atoms with Gasteiger partial charge in [-0.15, -0.1) is 0 Å². The smallest absolute Gasteiger partial charge is 0.262 e. The Morgan fingerprint density at radius 2 is 1.85 bits per heavy atom. The Morgan fingerprint density at radius 3 is 2.58 bits per heavy atom. The minimum atomic E-state index is -0.230. The first-order valence-corrected chi connectivity index (χ1v) is 10.6. The molecule has 3 aromatic carbocycles. The summed E-state index contributed by atoms with van der Waals surface area (Å²) in [4.78, 5) is 19.9. The van der Waals surface area contributed by atoms with E-state index < -0.39 is 0 Å². The van der Waals surface area contributed by atoms with Gasteiger partial charge in [0.15, 0.2) is 6.61 Å². The topological polar surface area (TPSA) is 90.8 Å². The number of nitrogens with zero attached hydrogens (tertiary/aromatic N) is 2. The molecule has 0 bridgehead atoms. The van der Waals surface area contributed by atoms with Crippen molar-refractivity contribution in [1.82, 2.24) is 9.97 Å². The van der Waals surface area contributed by atoms with Gasteiger partial charge in [0.25, 0.3) is 5.91 Å². The Balaban J connectivity index is 1.42. The lowest BCUT2D eigenvalue weighted by Crippen LogP contribution is -2.20. The molecular formula is C27H24N4O2. The van der Waals surface area contributed by atoms with E-state index in [4.69, 9.17) is 4.74 Å². The number of rotatable bonds is 6. The Morgan fingerprint density at radius 1 is 1.09 bits per heavy atom. The predicted molar refractivity (Wildman–Crippen MR) is 131 cm³/mol. The molecule has 6 nitrogen and oxygen atoms in total. The van der Waals surface area contributed by atoms with Crippen LogP contribution in [0.15, 0.2) is 60.7 Å². The number of carbonyl (C=O) groups is 1. The number of nitriles is 1. The number of hydrogen-bond donors (Lipinski definition) is 2. The van der Waals surface area contributed by atoms with E-state index in [-0.39, 0.29) is 12.5 Å². The van der Waals surface area contributed by atoms with Crippen LogP contribution >= 0.6 is 0 Å². The van der Waals surface area contributed by atoms with Gasteiger partial charge in [-0.1, -0.05) is 24.3 Å². The molecule has 0 spiro atoms. The molecular weight excluding hydrogens is 412 g/mol. The average Bonchev–Trinajstić information content (AvgIpc) is 3.19. The van der Waals surface area contributed by atoms with Gasteiger partial charge in [-0.05, 0) is 85.5 Å². The van der Waals surface area contributed by atoms with Gasteiger partial charge in [0.05, 0.1) is 16.6 Å². The summed E-state index contributed by atoms with van der Waals surface area (Å²) in [6.07, 6.45) is 1.77. The van der Waals surface area contributed by atoms with Crippen LogP contribution in [0.4, 0.5) is 5.69 Å². The molecule has 0 atom stereocenters. The summed E-state index contributed by atoms with van der Waals surface area (Å²) in [5, 5.41) is 12.5. The number of hydrogen-bond acceptors (Lipinski definition) is 4. The Bertz CT molecular complexity index is 1350. The van der Waals surface area contributed by atoms with Crippen LogP contribution in [0.1, 0.15) is 28.1 Å². The molecule has 0 unspecified atom stereocenters. The molecule has 6 heteroatoms. The number of ether oxygens (including phenoxy) is 1. The third-order valence-electron chi connectivity index (χ3n) is 5.34. The van der Waals surface area contributed by atoms with E-state index in [0.717, 1.165) is 33.4 Å². The minimum absolute atomic E-state index is 0.0929. The number of H-pyrrole nitrogens is 1. The highest BCUT2D eigenvalue weighted by molar-refractivity contribution is 5.92. The van der Waals surface area contributed by atoms with E-state index in [9.17, 15) is 10.1 Å². The Hall–Kier alpha value is -4.37. The molecule has 0 saturated carbocycles. The van der Waals surface area contributed by atoms with Gasteiger partial charge in [-0.3, -0.25) is 4.79 Å². The number of imidazole rings is 1. The van der Waals surface area contributed by atoms with Crippen molar-refractivity contribution in [2.24, 2.45) is 0 Å². The maximum Gasteiger partial charge on any atom is 0.262 e. The number of aryl methyl sites for hydroxylation is 3. The van der Waals surface area contributed by atoms with Crippen molar-refractivity contribution in [3.05, 3.63) is 88.7 Å². The lowest BCUT2D eigenvalue weighted by atomic mass is 10.1. The minimum Gasteiger partial charge on any atom is -0.484 e. The lowest BCUT2D eigenvalue weighted by molar-refractivity contribution is -0.118. The second kappa shape index (κ2) is 9.41. The maximum absolute atomic E-state index is 12.1. The second-order valence-electron chi connectivity index (χ2n) is 7.98. The Kier molecular flexibility index (Phi) is 6.23. The van der Waals surface area contributed by atoms with Gasteiger partial charge >= 0.3 is 0 Å². The van der Waals surface area contributed by atoms with Crippen LogP contribution < -0.4 is 10.1 Å². The maximum atomic E-state index is 12.1. The quantitative estimate of drug-likeness (QED) is 0.387. The van der Waals surface area contributed by atoms with Crippen LogP contribution in [0, 0.1) is 32.1 Å². The zero-order chi connectivity index (χ0) is 23.4. The summed E-state index contributed by atoms with van der Waals surface area (Å²) in [5.74, 6) is 0.872. The molecule has 0 aliphatic heterocycles. The van der Waals surface area contributed by atoms with Crippen molar-refractivity contribution >= 4 is 34.3 Å². The molecule has 2 N–H and O–H groups in total. The number of allylic oxidation sites excluding steroid dienone is 1. The van der Waals surface area contributed by atoms with Crippen molar-refractivity contribution in [1.29, 1.82) is 5.26 Å². The van der Waals surface area contributed by atoms with Gasteiger partial charge in [-0.2, -0.15) is 5.26 Å². The zero-order valence-corrected chi connectivity index (χ0v) is 18.8. The zero-order valence-electron chi connectivity index (χ0n) is 18.8. The van der Waals surface area contributed by atoms with Crippen LogP contribution in [0.2, 0.25) is 0 Å². The first-order chi connectivity index (χ1) is 15.9. The first-order valence-electron chi connectivity index (χ1n) is 10.6. The highest BCUT2D eigenvalue weighted by Gasteiger charge is 2.10. The van der Waals surface area contributed by atoms with E-state index in [1.165, 1.54) is 5.56 Å². The van der Waals surface area contributed by atoms with E-state index in [1.54, 1.807) is 18.2 Å². The SMILES string of the molecule is Cc1cccc(NC(=O)COc2ccc(/C=C(\C#N)c3nc4cc(C)c(C)cc4[nH]3)cc2)c1. The molecule has 1 amide bonds. The summed E-state index contributed by atoms with van der Waals surface area (Å²) in [5.41, 5.74) is 7.15. The van der Waals surface area contributed by atoms with E-state index in [1.807, 2.05) is 69.3 Å². The van der Waals surface area contributed by atoms with Gasteiger partial charge in [-0.25, -0.2) is 4.98 Å². The number of nitrogens with one attached hydrogen (secondary N) is 2. The standard InChI is InChI=1S/C27H24N4O2/c1-17-5-4-6-22(11-17)29-26(32)16-33-23-9-7-20(8-10-23)14-21(15-28)27-30-24-12-18(2)19(3)13-25(24)31-27/h4-14H,16H2,1-3H3,(H,29,32)(H,30,31)/b21-14+. The third kappa shape index (κ3) is 5.28. The van der Waals surface area contributed by atoms with Gasteiger partial charge in [0.1, 0.15) is 17.6 Å². The monoisotopic (exact) mass is 436 g/mol. The average molecular weight is 437 g/mol. The van der Waals surface area contributed by atoms with E-state index >= 15 is 0 Å². The summed E-state index contributed by atoms with van der Waals surface area (Å²) in [6, 6.07) is 21.1. The molecule has 1 heterocycles. The summed E-state index contributed by atoms with van der Waals surface area (Å²) in [7, 11) is 0. The van der Waals surface area contributed by atoms with Gasteiger partial charge in [0.2, 0.25) is 0 Å². The van der Waals surface area contributed by atoms with Crippen LogP contribution in [0.3, 0.4) is 0 Å². The molecule has 164 valence electrons. The summed E-state index contributed by atoms with van der Waals surface area (Å²) in [6.45, 7) is 5.96. The van der Waals surface area contributed by atoms with Crippen molar-refractivity contribution < 1.29 is 9.53 Å². The first kappa shape index (κ1) is 21.8. The van der Waals surface area contributed by atoms with E-state index in [2.05, 4.69) is 21.4 Å². The molecule has 33 heavy (non-hydrogen) atoms. The van der Waals surface area contributed by atoms with Crippen molar-refractivity contribution in [3.63, 3.8) is 0 Å². The third-order valence-corrected chi connectivity index (χ3v) is 5.34. The fourth-order valence-corrected chi connectivity index (χ4v) is 3.45. The highest BCUT2D eigenvalue weighted by atomic mass is 16.5. The molecule has 0 saturated heterocycles. The van der Waals surface area contributed by atoms with Crippen LogP contribution in [0.25, 0.3) is 22.7 Å². The molecule has 0 radical (unpaired) electrons. The number of aromatic amines is 1. The second-order valence-corrected chi connectivity index (χ2v) is 7.98. The number of amides is 1. The number of anilines is 1. The molecule has 4 aromatic rings. The molecule has 1 aromatic heterocycles. The lowest BCUT2D eigenvalue weighted by Gasteiger charge is -2.08. The van der Waals surface area contributed by atoms with Crippen LogP contribution in [-0.2, 0) is 4.79 Å². The normalized spacial score (nSPS) is 11.3. The van der Waals surface area contributed by atoms with Crippen LogP contribution in [0.5, 0.6) is 5.75 Å². The van der Waals surface area contributed by atoms with Gasteiger partial charge < -0.3 is 15.0 Å². The Labute approximate surface area is 192 Å². The molecule has 4 rings (SSSR count). The van der Waals surface area contributed by atoms with Crippen molar-refractivity contribution in [2.45, 2.75) is 20.8 Å². The fraction of sp³-hybridized carbons (Fsp3) is 0.148. The van der Waals surface area contributed by atoms with Gasteiger partial charge in [0, 0.05) is 5.69 Å². The summed E-state index contributed by atoms with van der Waals surface area (Å²) < 4.78 is 5.59. The highest BCUT2D eigenvalue weighted by Crippen LogP contribution is 2.23. The largest absolute Gasteiger partial charge is 0.484 e. The number of carbonyl (C=O) groups excluding carboxylic acids is 1. The molecule has 0 aliphatic rings. The fourth-order valence-electron chi connectivity index (χ4n) is 3.45. The number of benzene rings is 3. The van der Waals surface area contributed by atoms with Crippen LogP contribution in [-0.4, -0.2) is 22.5 Å². The van der Waals surface area contributed by atoms with E-state index in [0.29, 0.717) is 17.1 Å². The summed E-state index contributed by atoms with van der Waals surface area (Å²) >= 11 is 0. The number of aromatic nitrogens is 2. The van der Waals surface area contributed by atoms with Crippen molar-refractivity contribution in [3.8, 4) is 11.8 Å². The number of fused-ring (bicyclic) bond motifs is 1. The predicted octanol–water partition coefficient (Wildman–Crippen LogP) is 5.57. The van der Waals surface area contributed by atoms with Crippen molar-refractivity contribution in [2.75, 3.05) is 11.9 Å². The molecule has 0 fully saturated rings. The molecule has 0 aliphatic carbocycles.